The van der Waals surface area contributed by atoms with Crippen LogP contribution in [-0.2, 0) is 24.0 Å². The standard InChI is InChI=1S/C17H31N5O7S/c1-8(2)5-9(18)14(25)20-10(3-4-13(19)24)15(26)22-12(7-30)16(27)21-11(6-23)17(28)29/h8-12,23,30H,3-7,18H2,1-2H3,(H2,19,24)(H,20,25)(H,21,27)(H,22,26)(H,28,29). The van der Waals surface area contributed by atoms with E-state index in [0.717, 1.165) is 0 Å². The third-order valence-corrected chi connectivity index (χ3v) is 4.35. The molecule has 0 saturated heterocycles. The van der Waals surface area contributed by atoms with Crippen LogP contribution in [0.25, 0.3) is 0 Å². The van der Waals surface area contributed by atoms with Crippen LogP contribution in [0.2, 0.25) is 0 Å². The summed E-state index contributed by atoms with van der Waals surface area (Å²) in [5.41, 5.74) is 10.9. The van der Waals surface area contributed by atoms with Crippen molar-refractivity contribution in [2.24, 2.45) is 17.4 Å². The molecule has 9 N–H and O–H groups in total. The number of primary amides is 1. The maximum atomic E-state index is 12.6. The Kier molecular flexibility index (Phi) is 12.7. The Morgan fingerprint density at radius 3 is 1.87 bits per heavy atom. The summed E-state index contributed by atoms with van der Waals surface area (Å²) in [5.74, 6) is -4.51. The fourth-order valence-electron chi connectivity index (χ4n) is 2.37. The van der Waals surface area contributed by atoms with Crippen LogP contribution in [0.3, 0.4) is 0 Å². The van der Waals surface area contributed by atoms with Crippen molar-refractivity contribution >= 4 is 42.2 Å². The number of nitrogens with two attached hydrogens (primary N) is 2. The van der Waals surface area contributed by atoms with Gasteiger partial charge in [0, 0.05) is 12.2 Å². The van der Waals surface area contributed by atoms with Gasteiger partial charge in [-0.15, -0.1) is 0 Å². The second-order valence-electron chi connectivity index (χ2n) is 7.13. The van der Waals surface area contributed by atoms with Gasteiger partial charge in [0.1, 0.15) is 18.1 Å². The molecule has 12 nitrogen and oxygen atoms in total. The van der Waals surface area contributed by atoms with Crippen molar-refractivity contribution in [3.8, 4) is 0 Å². The maximum Gasteiger partial charge on any atom is 0.328 e. The minimum Gasteiger partial charge on any atom is -0.480 e. The Morgan fingerprint density at radius 1 is 0.933 bits per heavy atom. The van der Waals surface area contributed by atoms with Crippen molar-refractivity contribution < 1.29 is 34.2 Å². The van der Waals surface area contributed by atoms with Crippen molar-refractivity contribution in [1.82, 2.24) is 16.0 Å². The molecule has 0 aliphatic rings. The monoisotopic (exact) mass is 449 g/mol. The first-order valence-electron chi connectivity index (χ1n) is 9.32. The van der Waals surface area contributed by atoms with Crippen LogP contribution in [0.15, 0.2) is 0 Å². The van der Waals surface area contributed by atoms with Gasteiger partial charge in [0.25, 0.3) is 0 Å². The molecule has 4 amide bonds. The lowest BCUT2D eigenvalue weighted by molar-refractivity contribution is -0.143. The van der Waals surface area contributed by atoms with Gasteiger partial charge in [-0.2, -0.15) is 12.6 Å². The highest BCUT2D eigenvalue weighted by molar-refractivity contribution is 7.80. The lowest BCUT2D eigenvalue weighted by Gasteiger charge is -2.24. The zero-order chi connectivity index (χ0) is 23.4. The first kappa shape index (κ1) is 27.6. The van der Waals surface area contributed by atoms with Crippen LogP contribution in [0, 0.1) is 5.92 Å². The van der Waals surface area contributed by atoms with E-state index in [0.29, 0.717) is 6.42 Å². The molecule has 0 spiro atoms. The average Bonchev–Trinajstić information content (AvgIpc) is 2.65. The number of thiol groups is 1. The first-order chi connectivity index (χ1) is 13.9. The molecule has 4 atom stereocenters. The highest BCUT2D eigenvalue weighted by atomic mass is 32.1. The number of carbonyl (C=O) groups is 5. The average molecular weight is 450 g/mol. The topological polar surface area (TPSA) is 214 Å². The SMILES string of the molecule is CC(C)CC(N)C(=O)NC(CCC(N)=O)C(=O)NC(CS)C(=O)NC(CO)C(=O)O. The predicted molar refractivity (Wildman–Crippen MR) is 110 cm³/mol. The van der Waals surface area contributed by atoms with Gasteiger partial charge >= 0.3 is 5.97 Å². The van der Waals surface area contributed by atoms with Gasteiger partial charge in [0.2, 0.25) is 23.6 Å². The van der Waals surface area contributed by atoms with E-state index < -0.39 is 60.4 Å². The van der Waals surface area contributed by atoms with Crippen LogP contribution >= 0.6 is 12.6 Å². The molecule has 4 unspecified atom stereocenters. The molecule has 0 aromatic rings. The summed E-state index contributed by atoms with van der Waals surface area (Å²) in [6.45, 7) is 2.90. The second-order valence-corrected chi connectivity index (χ2v) is 7.49. The summed E-state index contributed by atoms with van der Waals surface area (Å²) < 4.78 is 0. The van der Waals surface area contributed by atoms with E-state index in [2.05, 4.69) is 28.6 Å². The summed E-state index contributed by atoms with van der Waals surface area (Å²) in [7, 11) is 0. The van der Waals surface area contributed by atoms with Gasteiger partial charge in [-0.05, 0) is 18.8 Å². The minimum atomic E-state index is -1.56. The van der Waals surface area contributed by atoms with Gasteiger partial charge in [0.05, 0.1) is 12.6 Å². The summed E-state index contributed by atoms with van der Waals surface area (Å²) in [6, 6.07) is -4.90. The van der Waals surface area contributed by atoms with E-state index in [-0.39, 0.29) is 24.5 Å². The van der Waals surface area contributed by atoms with Crippen molar-refractivity contribution in [2.75, 3.05) is 12.4 Å². The normalized spacial score (nSPS) is 14.9. The summed E-state index contributed by atoms with van der Waals surface area (Å²) in [6.07, 6.45) is 0.0349. The van der Waals surface area contributed by atoms with E-state index in [1.165, 1.54) is 0 Å². The molecule has 172 valence electrons. The summed E-state index contributed by atoms with van der Waals surface area (Å²) in [4.78, 5) is 59.1. The molecule has 30 heavy (non-hydrogen) atoms. The third kappa shape index (κ3) is 10.4. The number of hydrogen-bond donors (Lipinski definition) is 8. The van der Waals surface area contributed by atoms with Gasteiger partial charge < -0.3 is 37.6 Å². The number of aliphatic hydroxyl groups excluding tert-OH is 1. The summed E-state index contributed by atoms with van der Waals surface area (Å²) >= 11 is 3.96. The number of carbonyl (C=O) groups excluding carboxylic acids is 4. The molecule has 13 heteroatoms. The van der Waals surface area contributed by atoms with Crippen LogP contribution in [0.4, 0.5) is 0 Å². The van der Waals surface area contributed by atoms with Crippen molar-refractivity contribution in [2.45, 2.75) is 57.3 Å². The molecule has 0 radical (unpaired) electrons. The lowest BCUT2D eigenvalue weighted by atomic mass is 10.0. The molecule has 0 aliphatic carbocycles. The zero-order valence-corrected chi connectivity index (χ0v) is 17.9. The van der Waals surface area contributed by atoms with Gasteiger partial charge in [-0.3, -0.25) is 19.2 Å². The fourth-order valence-corrected chi connectivity index (χ4v) is 2.63. The maximum absolute atomic E-state index is 12.6. The quantitative estimate of drug-likeness (QED) is 0.128. The molecular weight excluding hydrogens is 418 g/mol. The first-order valence-corrected chi connectivity index (χ1v) is 9.95. The van der Waals surface area contributed by atoms with E-state index >= 15 is 0 Å². The van der Waals surface area contributed by atoms with Crippen molar-refractivity contribution in [1.29, 1.82) is 0 Å². The van der Waals surface area contributed by atoms with Crippen LogP contribution in [0.1, 0.15) is 33.1 Å². The molecular formula is C17H31N5O7S. The third-order valence-electron chi connectivity index (χ3n) is 3.99. The Bertz CT molecular complexity index is 632. The van der Waals surface area contributed by atoms with Gasteiger partial charge in [0.15, 0.2) is 0 Å². The Balaban J connectivity index is 5.22. The van der Waals surface area contributed by atoms with Gasteiger partial charge in [-0.1, -0.05) is 13.8 Å². The number of carboxylic acids is 1. The number of aliphatic carboxylic acids is 1. The number of carboxylic acid groups (broad SMARTS) is 1. The smallest absolute Gasteiger partial charge is 0.328 e. The Labute approximate surface area is 179 Å². The van der Waals surface area contributed by atoms with Gasteiger partial charge in [-0.25, -0.2) is 4.79 Å². The van der Waals surface area contributed by atoms with Crippen molar-refractivity contribution in [3.63, 3.8) is 0 Å². The Hall–Kier alpha value is -2.38. The predicted octanol–water partition coefficient (Wildman–Crippen LogP) is -2.91. The molecule has 0 aromatic carbocycles. The number of rotatable bonds is 14. The molecule has 0 heterocycles. The lowest BCUT2D eigenvalue weighted by Crippen LogP contribution is -2.58. The van der Waals surface area contributed by atoms with Crippen LogP contribution in [-0.4, -0.2) is 76.3 Å². The number of nitrogens with one attached hydrogen (secondary N) is 3. The summed E-state index contributed by atoms with van der Waals surface area (Å²) in [5, 5.41) is 24.7. The largest absolute Gasteiger partial charge is 0.480 e. The molecule has 0 bridgehead atoms. The fraction of sp³-hybridized carbons (Fsp3) is 0.706. The zero-order valence-electron chi connectivity index (χ0n) is 17.0. The van der Waals surface area contributed by atoms with Crippen LogP contribution < -0.4 is 27.4 Å². The Morgan fingerprint density at radius 2 is 1.43 bits per heavy atom. The van der Waals surface area contributed by atoms with E-state index in [1.54, 1.807) is 0 Å². The molecule has 0 rings (SSSR count). The second kappa shape index (κ2) is 13.8. The molecule has 0 aromatic heterocycles. The van der Waals surface area contributed by atoms with E-state index in [9.17, 15) is 24.0 Å². The highest BCUT2D eigenvalue weighted by Gasteiger charge is 2.29. The molecule has 0 fully saturated rings. The molecule has 0 saturated carbocycles. The van der Waals surface area contributed by atoms with E-state index in [1.807, 2.05) is 13.8 Å². The highest BCUT2D eigenvalue weighted by Crippen LogP contribution is 2.05. The minimum absolute atomic E-state index is 0.128. The number of hydrogen-bond acceptors (Lipinski definition) is 8. The van der Waals surface area contributed by atoms with Crippen molar-refractivity contribution in [3.05, 3.63) is 0 Å². The van der Waals surface area contributed by atoms with E-state index in [4.69, 9.17) is 21.7 Å². The number of aliphatic hydroxyl groups is 1. The number of amides is 4. The molecule has 0 aliphatic heterocycles. The van der Waals surface area contributed by atoms with Crippen LogP contribution in [0.5, 0.6) is 0 Å².